The summed E-state index contributed by atoms with van der Waals surface area (Å²) in [6.07, 6.45) is 6.74. The van der Waals surface area contributed by atoms with Crippen molar-refractivity contribution in [3.63, 3.8) is 0 Å². The van der Waals surface area contributed by atoms with Gasteiger partial charge in [0.2, 0.25) is 5.95 Å². The number of ether oxygens (including phenoxy) is 2. The van der Waals surface area contributed by atoms with E-state index in [2.05, 4.69) is 46.8 Å². The van der Waals surface area contributed by atoms with Gasteiger partial charge in [0.05, 0.1) is 29.1 Å². The highest BCUT2D eigenvalue weighted by Crippen LogP contribution is 2.54. The molecule has 1 unspecified atom stereocenters. The van der Waals surface area contributed by atoms with E-state index in [0.717, 1.165) is 37.2 Å². The molecule has 198 valence electrons. The summed E-state index contributed by atoms with van der Waals surface area (Å²) in [5.74, 6) is 2.62. The number of hydrogen-bond donors (Lipinski definition) is 1. The maximum atomic E-state index is 11.4. The van der Waals surface area contributed by atoms with Crippen LogP contribution in [0.2, 0.25) is 0 Å². The van der Waals surface area contributed by atoms with Gasteiger partial charge in [-0.3, -0.25) is 14.5 Å². The quantitative estimate of drug-likeness (QED) is 0.366. The molecular weight excluding hydrogens is 482 g/mol. The number of Topliss-reactive ketones (excluding diaryl/α,β-unsaturated/α-hetero) is 1. The van der Waals surface area contributed by atoms with Gasteiger partial charge in [0.1, 0.15) is 17.3 Å². The molecular formula is C28H33N7O3. The van der Waals surface area contributed by atoms with Crippen molar-refractivity contribution in [2.75, 3.05) is 11.9 Å². The molecule has 6 rings (SSSR count). The van der Waals surface area contributed by atoms with Gasteiger partial charge in [0.15, 0.2) is 11.5 Å². The highest BCUT2D eigenvalue weighted by Gasteiger charge is 2.56. The Morgan fingerprint density at radius 1 is 1.21 bits per heavy atom. The number of aromatic nitrogens is 6. The second-order valence-corrected chi connectivity index (χ2v) is 11.4. The van der Waals surface area contributed by atoms with Crippen molar-refractivity contribution in [2.24, 2.45) is 7.05 Å². The van der Waals surface area contributed by atoms with Crippen LogP contribution in [0.1, 0.15) is 64.4 Å². The number of carbonyl (C=O) groups is 1. The van der Waals surface area contributed by atoms with Gasteiger partial charge in [-0.25, -0.2) is 4.98 Å². The first-order valence-electron chi connectivity index (χ1n) is 13.1. The zero-order valence-electron chi connectivity index (χ0n) is 22.5. The van der Waals surface area contributed by atoms with Crippen LogP contribution in [0.5, 0.6) is 11.5 Å². The van der Waals surface area contributed by atoms with Gasteiger partial charge in [0, 0.05) is 55.6 Å². The molecule has 4 aromatic heterocycles. The molecule has 2 fully saturated rings. The molecule has 10 heteroatoms. The maximum Gasteiger partial charge on any atom is 0.210 e. The van der Waals surface area contributed by atoms with Crippen LogP contribution in [0.3, 0.4) is 0 Å². The Labute approximate surface area is 221 Å². The van der Waals surface area contributed by atoms with Crippen molar-refractivity contribution >= 4 is 28.7 Å². The average molecular weight is 516 g/mol. The molecule has 38 heavy (non-hydrogen) atoms. The molecule has 0 bridgehead atoms. The molecule has 5 heterocycles. The molecule has 1 saturated carbocycles. The van der Waals surface area contributed by atoms with Crippen molar-refractivity contribution in [3.8, 4) is 11.5 Å². The number of rotatable bonds is 7. The average Bonchev–Trinajstić information content (AvgIpc) is 3.16. The monoisotopic (exact) mass is 515 g/mol. The molecule has 0 aromatic carbocycles. The molecule has 0 radical (unpaired) electrons. The summed E-state index contributed by atoms with van der Waals surface area (Å²) in [4.78, 5) is 24.9. The molecule has 1 N–H and O–H groups in total. The number of anilines is 2. The van der Waals surface area contributed by atoms with Crippen molar-refractivity contribution in [3.05, 3.63) is 48.0 Å². The van der Waals surface area contributed by atoms with Crippen molar-refractivity contribution < 1.29 is 14.3 Å². The van der Waals surface area contributed by atoms with Gasteiger partial charge >= 0.3 is 0 Å². The van der Waals surface area contributed by atoms with E-state index in [-0.39, 0.29) is 29.3 Å². The minimum Gasteiger partial charge on any atom is -0.456 e. The number of imidazole rings is 1. The van der Waals surface area contributed by atoms with Crippen LogP contribution in [0, 0.1) is 0 Å². The molecule has 1 saturated heterocycles. The fraction of sp³-hybridized carbons (Fsp3) is 0.464. The van der Waals surface area contributed by atoms with Crippen LogP contribution in [-0.2, 0) is 28.4 Å². The smallest absolute Gasteiger partial charge is 0.210 e. The molecule has 1 aliphatic carbocycles. The van der Waals surface area contributed by atoms with E-state index in [1.807, 2.05) is 17.7 Å². The number of pyridine rings is 2. The molecule has 1 atom stereocenters. The van der Waals surface area contributed by atoms with Crippen LogP contribution in [0.15, 0.2) is 36.7 Å². The zero-order valence-corrected chi connectivity index (χ0v) is 22.5. The fourth-order valence-electron chi connectivity index (χ4n) is 5.27. The van der Waals surface area contributed by atoms with Crippen molar-refractivity contribution in [1.29, 1.82) is 0 Å². The molecule has 1 spiro atoms. The van der Waals surface area contributed by atoms with Gasteiger partial charge in [-0.2, -0.15) is 10.1 Å². The molecule has 10 nitrogen and oxygen atoms in total. The van der Waals surface area contributed by atoms with Crippen LogP contribution >= 0.6 is 0 Å². The topological polar surface area (TPSA) is 109 Å². The maximum absolute atomic E-state index is 11.4. The molecule has 2 aliphatic rings. The summed E-state index contributed by atoms with van der Waals surface area (Å²) in [5.41, 5.74) is 3.16. The third-order valence-electron chi connectivity index (χ3n) is 7.34. The van der Waals surface area contributed by atoms with Crippen LogP contribution < -0.4 is 10.1 Å². The third kappa shape index (κ3) is 4.53. The molecule has 0 amide bonds. The first-order chi connectivity index (χ1) is 18.1. The van der Waals surface area contributed by atoms with Crippen molar-refractivity contribution in [1.82, 2.24) is 29.3 Å². The Hall–Kier alpha value is -3.79. The second-order valence-electron chi connectivity index (χ2n) is 11.4. The summed E-state index contributed by atoms with van der Waals surface area (Å²) in [6.45, 7) is 8.97. The van der Waals surface area contributed by atoms with Gasteiger partial charge < -0.3 is 19.4 Å². The lowest BCUT2D eigenvalue weighted by atomic mass is 9.91. The number of fused-ring (bicyclic) bond motifs is 1. The first-order valence-corrected chi connectivity index (χ1v) is 13.1. The summed E-state index contributed by atoms with van der Waals surface area (Å²) in [7, 11) is 1.94. The SMILES string of the molecule is CC(=O)Cc1cc(Oc2cnc3nc(Nc4cc(C(C)(C)C)n(C5CCOC56CC6)n4)n(C)c3c2)ccn1. The van der Waals surface area contributed by atoms with E-state index in [0.29, 0.717) is 28.8 Å². The molecule has 1 aliphatic heterocycles. The van der Waals surface area contributed by atoms with Gasteiger partial charge in [-0.1, -0.05) is 20.8 Å². The standard InChI is InChI=1S/C28H33N7O3/c1-17(36)12-18-13-19(6-10-29-18)38-20-14-21-25(30-16-20)32-26(34(21)5)31-24-15-23(27(2,3)4)35(33-24)22-7-11-37-28(22)8-9-28/h6,10,13-16,22H,7-9,11-12H2,1-5H3,(H,30,31,32,33). The summed E-state index contributed by atoms with van der Waals surface area (Å²) in [6, 6.07) is 7.81. The number of hydrogen-bond acceptors (Lipinski definition) is 8. The first kappa shape index (κ1) is 24.5. The van der Waals surface area contributed by atoms with E-state index >= 15 is 0 Å². The van der Waals surface area contributed by atoms with Gasteiger partial charge in [0.25, 0.3) is 0 Å². The van der Waals surface area contributed by atoms with E-state index in [9.17, 15) is 4.79 Å². The van der Waals surface area contributed by atoms with Gasteiger partial charge in [-0.05, 0) is 32.3 Å². The Morgan fingerprint density at radius 2 is 2.03 bits per heavy atom. The Bertz CT molecular complexity index is 1530. The van der Waals surface area contributed by atoms with E-state index in [1.54, 1.807) is 31.5 Å². The fourth-order valence-corrected chi connectivity index (χ4v) is 5.27. The van der Waals surface area contributed by atoms with E-state index in [4.69, 9.17) is 19.6 Å². The normalized spacial score (nSPS) is 18.3. The summed E-state index contributed by atoms with van der Waals surface area (Å²) < 4.78 is 16.3. The van der Waals surface area contributed by atoms with E-state index in [1.165, 1.54) is 5.69 Å². The Kier molecular flexibility index (Phi) is 5.75. The van der Waals surface area contributed by atoms with Crippen molar-refractivity contribution in [2.45, 2.75) is 70.4 Å². The third-order valence-corrected chi connectivity index (χ3v) is 7.34. The highest BCUT2D eigenvalue weighted by molar-refractivity contribution is 5.78. The summed E-state index contributed by atoms with van der Waals surface area (Å²) in [5, 5.41) is 8.42. The minimum atomic E-state index is -0.0665. The van der Waals surface area contributed by atoms with Crippen LogP contribution in [0.25, 0.3) is 11.2 Å². The number of carbonyl (C=O) groups excluding carboxylic acids is 1. The number of nitrogens with one attached hydrogen (secondary N) is 1. The molecule has 4 aromatic rings. The Balaban J connectivity index is 1.27. The predicted octanol–water partition coefficient (Wildman–Crippen LogP) is 5.02. The lowest BCUT2D eigenvalue weighted by molar-refractivity contribution is -0.116. The largest absolute Gasteiger partial charge is 0.456 e. The lowest BCUT2D eigenvalue weighted by Gasteiger charge is -2.26. The van der Waals surface area contributed by atoms with Crippen LogP contribution in [0.4, 0.5) is 11.8 Å². The second kappa shape index (κ2) is 8.90. The highest BCUT2D eigenvalue weighted by atomic mass is 16.5. The number of ketones is 1. The van der Waals surface area contributed by atoms with Crippen LogP contribution in [-0.4, -0.2) is 47.3 Å². The number of nitrogens with zero attached hydrogens (tertiary/aromatic N) is 6. The number of aryl methyl sites for hydroxylation is 1. The van der Waals surface area contributed by atoms with E-state index < -0.39 is 0 Å². The lowest BCUT2D eigenvalue weighted by Crippen LogP contribution is -2.28. The Morgan fingerprint density at radius 3 is 2.76 bits per heavy atom. The van der Waals surface area contributed by atoms with Gasteiger partial charge in [-0.15, -0.1) is 0 Å². The summed E-state index contributed by atoms with van der Waals surface area (Å²) >= 11 is 0. The minimum absolute atomic E-state index is 0.0385. The zero-order chi connectivity index (χ0) is 26.7. The predicted molar refractivity (Wildman–Crippen MR) is 143 cm³/mol.